The Morgan fingerprint density at radius 2 is 2.00 bits per heavy atom. The molecule has 0 aromatic heterocycles. The minimum absolute atomic E-state index is 0.0319. The number of rotatable bonds is 4. The third-order valence-corrected chi connectivity index (χ3v) is 1.94. The van der Waals surface area contributed by atoms with E-state index in [0.29, 0.717) is 0 Å². The highest BCUT2D eigenvalue weighted by molar-refractivity contribution is 5.90. The van der Waals surface area contributed by atoms with Crippen molar-refractivity contribution < 1.29 is 23.4 Å². The maximum absolute atomic E-state index is 13.5. The number of carbonyl (C=O) groups excluding carboxylic acids is 1. The van der Waals surface area contributed by atoms with Crippen molar-refractivity contribution in [1.29, 1.82) is 0 Å². The normalized spacial score (nSPS) is 9.75. The predicted octanol–water partition coefficient (Wildman–Crippen LogP) is 2.02. The Labute approximate surface area is 92.9 Å². The number of benzene rings is 1. The second-order valence-corrected chi connectivity index (χ2v) is 2.91. The summed E-state index contributed by atoms with van der Waals surface area (Å²) in [6.07, 6.45) is 0. The standard InChI is InChI=1S/C11H13FO4/c1-4-16-11(13)7-5-8(12)10(15-3)9(6-7)14-2/h5-6H,4H2,1-3H3. The summed E-state index contributed by atoms with van der Waals surface area (Å²) < 4.78 is 28.0. The summed E-state index contributed by atoms with van der Waals surface area (Å²) in [5.74, 6) is -1.13. The maximum Gasteiger partial charge on any atom is 0.338 e. The lowest BCUT2D eigenvalue weighted by atomic mass is 10.2. The number of halogens is 1. The Balaban J connectivity index is 3.15. The topological polar surface area (TPSA) is 44.8 Å². The number of hydrogen-bond donors (Lipinski definition) is 0. The molecule has 88 valence electrons. The second-order valence-electron chi connectivity index (χ2n) is 2.91. The van der Waals surface area contributed by atoms with Gasteiger partial charge in [0.25, 0.3) is 0 Å². The quantitative estimate of drug-likeness (QED) is 0.739. The molecule has 0 spiro atoms. The summed E-state index contributed by atoms with van der Waals surface area (Å²) in [7, 11) is 2.69. The van der Waals surface area contributed by atoms with Gasteiger partial charge in [-0.1, -0.05) is 0 Å². The van der Waals surface area contributed by atoms with Crippen molar-refractivity contribution in [2.45, 2.75) is 6.92 Å². The summed E-state index contributed by atoms with van der Waals surface area (Å²) in [6, 6.07) is 2.43. The molecule has 1 aromatic rings. The maximum atomic E-state index is 13.5. The highest BCUT2D eigenvalue weighted by atomic mass is 19.1. The fourth-order valence-corrected chi connectivity index (χ4v) is 1.25. The van der Waals surface area contributed by atoms with Crippen molar-refractivity contribution in [3.8, 4) is 11.5 Å². The van der Waals surface area contributed by atoms with Crippen LogP contribution in [-0.4, -0.2) is 26.8 Å². The van der Waals surface area contributed by atoms with Crippen LogP contribution in [0.5, 0.6) is 11.5 Å². The molecule has 1 rings (SSSR count). The van der Waals surface area contributed by atoms with Crippen LogP contribution in [0.1, 0.15) is 17.3 Å². The number of methoxy groups -OCH3 is 2. The first kappa shape index (κ1) is 12.3. The zero-order chi connectivity index (χ0) is 12.1. The van der Waals surface area contributed by atoms with Gasteiger partial charge in [0.2, 0.25) is 0 Å². The van der Waals surface area contributed by atoms with Gasteiger partial charge in [0.1, 0.15) is 0 Å². The molecule has 0 unspecified atom stereocenters. The SMILES string of the molecule is CCOC(=O)c1cc(F)c(OC)c(OC)c1. The molecule has 0 aliphatic heterocycles. The minimum Gasteiger partial charge on any atom is -0.493 e. The van der Waals surface area contributed by atoms with Crippen molar-refractivity contribution in [2.24, 2.45) is 0 Å². The first-order valence-electron chi connectivity index (χ1n) is 4.72. The van der Waals surface area contributed by atoms with Gasteiger partial charge in [-0.25, -0.2) is 9.18 Å². The van der Waals surface area contributed by atoms with Crippen LogP contribution in [0.25, 0.3) is 0 Å². The summed E-state index contributed by atoms with van der Waals surface area (Å²) in [4.78, 5) is 11.4. The van der Waals surface area contributed by atoms with Crippen LogP contribution in [0.15, 0.2) is 12.1 Å². The van der Waals surface area contributed by atoms with Crippen LogP contribution in [0.4, 0.5) is 4.39 Å². The van der Waals surface area contributed by atoms with Gasteiger partial charge in [-0.2, -0.15) is 0 Å². The van der Waals surface area contributed by atoms with Crippen LogP contribution < -0.4 is 9.47 Å². The number of hydrogen-bond acceptors (Lipinski definition) is 4. The van der Waals surface area contributed by atoms with Gasteiger partial charge in [0, 0.05) is 0 Å². The van der Waals surface area contributed by atoms with Gasteiger partial charge >= 0.3 is 5.97 Å². The zero-order valence-electron chi connectivity index (χ0n) is 9.37. The Morgan fingerprint density at radius 3 is 2.50 bits per heavy atom. The highest BCUT2D eigenvalue weighted by Gasteiger charge is 2.16. The highest BCUT2D eigenvalue weighted by Crippen LogP contribution is 2.31. The van der Waals surface area contributed by atoms with Crippen molar-refractivity contribution in [3.63, 3.8) is 0 Å². The average Bonchev–Trinajstić information content (AvgIpc) is 2.28. The van der Waals surface area contributed by atoms with Crippen LogP contribution >= 0.6 is 0 Å². The molecule has 0 saturated carbocycles. The van der Waals surface area contributed by atoms with E-state index in [0.717, 1.165) is 6.07 Å². The monoisotopic (exact) mass is 228 g/mol. The molecule has 5 heteroatoms. The van der Waals surface area contributed by atoms with E-state index < -0.39 is 11.8 Å². The van der Waals surface area contributed by atoms with Crippen LogP contribution in [-0.2, 0) is 4.74 Å². The Morgan fingerprint density at radius 1 is 1.31 bits per heavy atom. The molecule has 4 nitrogen and oxygen atoms in total. The molecule has 0 amide bonds. The first-order valence-corrected chi connectivity index (χ1v) is 4.72. The fourth-order valence-electron chi connectivity index (χ4n) is 1.25. The summed E-state index contributed by atoms with van der Waals surface area (Å²) >= 11 is 0. The second kappa shape index (κ2) is 5.34. The van der Waals surface area contributed by atoms with Crippen LogP contribution in [0.2, 0.25) is 0 Å². The Kier molecular flexibility index (Phi) is 4.10. The molecule has 0 radical (unpaired) electrons. The Bertz CT molecular complexity index is 390. The Hall–Kier alpha value is -1.78. The van der Waals surface area contributed by atoms with E-state index in [-0.39, 0.29) is 23.7 Å². The van der Waals surface area contributed by atoms with E-state index >= 15 is 0 Å². The molecule has 0 aliphatic rings. The van der Waals surface area contributed by atoms with Crippen molar-refractivity contribution in [1.82, 2.24) is 0 Å². The van der Waals surface area contributed by atoms with Gasteiger partial charge in [-0.3, -0.25) is 0 Å². The van der Waals surface area contributed by atoms with Crippen molar-refractivity contribution >= 4 is 5.97 Å². The van der Waals surface area contributed by atoms with E-state index in [1.807, 2.05) is 0 Å². The minimum atomic E-state index is -0.662. The molecule has 0 saturated heterocycles. The third kappa shape index (κ3) is 2.42. The summed E-state index contributed by atoms with van der Waals surface area (Å²) in [5.41, 5.74) is 0.0944. The number of esters is 1. The lowest BCUT2D eigenvalue weighted by Gasteiger charge is -2.10. The van der Waals surface area contributed by atoms with Gasteiger partial charge in [0.15, 0.2) is 17.3 Å². The van der Waals surface area contributed by atoms with Gasteiger partial charge < -0.3 is 14.2 Å². The predicted molar refractivity (Wildman–Crippen MR) is 55.5 cm³/mol. The molecule has 0 N–H and O–H groups in total. The summed E-state index contributed by atoms with van der Waals surface area (Å²) in [6.45, 7) is 1.91. The van der Waals surface area contributed by atoms with E-state index in [9.17, 15) is 9.18 Å². The van der Waals surface area contributed by atoms with Crippen molar-refractivity contribution in [3.05, 3.63) is 23.5 Å². The number of ether oxygens (including phenoxy) is 3. The molecule has 1 aromatic carbocycles. The molecular weight excluding hydrogens is 215 g/mol. The summed E-state index contributed by atoms with van der Waals surface area (Å²) in [5, 5.41) is 0. The third-order valence-electron chi connectivity index (χ3n) is 1.94. The van der Waals surface area contributed by atoms with E-state index in [1.54, 1.807) is 6.92 Å². The molecule has 0 fully saturated rings. The molecule has 0 atom stereocenters. The molecule has 16 heavy (non-hydrogen) atoms. The van der Waals surface area contributed by atoms with Crippen LogP contribution in [0.3, 0.4) is 0 Å². The van der Waals surface area contributed by atoms with Crippen LogP contribution in [0, 0.1) is 5.82 Å². The van der Waals surface area contributed by atoms with Gasteiger partial charge in [-0.15, -0.1) is 0 Å². The van der Waals surface area contributed by atoms with Gasteiger partial charge in [-0.05, 0) is 19.1 Å². The van der Waals surface area contributed by atoms with E-state index in [1.165, 1.54) is 20.3 Å². The molecule has 0 bridgehead atoms. The van der Waals surface area contributed by atoms with E-state index in [2.05, 4.69) is 0 Å². The zero-order valence-corrected chi connectivity index (χ0v) is 9.37. The van der Waals surface area contributed by atoms with Gasteiger partial charge in [0.05, 0.1) is 26.4 Å². The lowest BCUT2D eigenvalue weighted by Crippen LogP contribution is -2.06. The molecule has 0 heterocycles. The average molecular weight is 228 g/mol. The lowest BCUT2D eigenvalue weighted by molar-refractivity contribution is 0.0525. The largest absolute Gasteiger partial charge is 0.493 e. The van der Waals surface area contributed by atoms with Crippen molar-refractivity contribution in [2.75, 3.05) is 20.8 Å². The first-order chi connectivity index (χ1) is 7.63. The molecular formula is C11H13FO4. The fraction of sp³-hybridized carbons (Fsp3) is 0.364. The smallest absolute Gasteiger partial charge is 0.338 e. The molecule has 0 aliphatic carbocycles. The number of carbonyl (C=O) groups is 1. The van der Waals surface area contributed by atoms with E-state index in [4.69, 9.17) is 14.2 Å².